The second-order valence-corrected chi connectivity index (χ2v) is 7.37. The number of thiophene rings is 1. The van der Waals surface area contributed by atoms with Gasteiger partial charge < -0.3 is 9.64 Å². The lowest BCUT2D eigenvalue weighted by Gasteiger charge is -2.24. The van der Waals surface area contributed by atoms with Gasteiger partial charge in [-0.1, -0.05) is 12.1 Å². The fourth-order valence-electron chi connectivity index (χ4n) is 3.07. The standard InChI is InChI=1S/C18H22FN3O2S/c1-22(18(23)16-8-7-15(25-16)11-24-2)10-13-9-20-21-17(13)12-3-5-14(19)6-4-12/h3-8,13,17,20-21H,9-11H2,1-2H3. The van der Waals surface area contributed by atoms with Gasteiger partial charge in [0.2, 0.25) is 0 Å². The van der Waals surface area contributed by atoms with Crippen molar-refractivity contribution in [1.29, 1.82) is 0 Å². The van der Waals surface area contributed by atoms with E-state index in [1.807, 2.05) is 19.2 Å². The normalized spacial score (nSPS) is 20.0. The number of methoxy groups -OCH3 is 1. The molecule has 1 aromatic carbocycles. The van der Waals surface area contributed by atoms with Gasteiger partial charge in [-0.15, -0.1) is 11.3 Å². The van der Waals surface area contributed by atoms with Gasteiger partial charge in [-0.25, -0.2) is 9.82 Å². The van der Waals surface area contributed by atoms with E-state index < -0.39 is 0 Å². The third-order valence-corrected chi connectivity index (χ3v) is 5.38. The molecular weight excluding hydrogens is 341 g/mol. The van der Waals surface area contributed by atoms with Crippen molar-refractivity contribution in [2.75, 3.05) is 27.2 Å². The van der Waals surface area contributed by atoms with E-state index in [1.165, 1.54) is 23.5 Å². The zero-order valence-corrected chi connectivity index (χ0v) is 15.1. The van der Waals surface area contributed by atoms with E-state index in [2.05, 4.69) is 10.9 Å². The van der Waals surface area contributed by atoms with Gasteiger partial charge in [0, 0.05) is 38.0 Å². The molecule has 1 fully saturated rings. The predicted molar refractivity (Wildman–Crippen MR) is 95.8 cm³/mol. The number of hydrogen-bond donors (Lipinski definition) is 2. The number of hydrazine groups is 1. The van der Waals surface area contributed by atoms with Crippen LogP contribution in [0.3, 0.4) is 0 Å². The number of nitrogens with zero attached hydrogens (tertiary/aromatic N) is 1. The van der Waals surface area contributed by atoms with Crippen LogP contribution in [0.25, 0.3) is 0 Å². The van der Waals surface area contributed by atoms with Crippen LogP contribution in [0.4, 0.5) is 4.39 Å². The first kappa shape index (κ1) is 18.0. The van der Waals surface area contributed by atoms with Gasteiger partial charge in [0.1, 0.15) is 5.82 Å². The van der Waals surface area contributed by atoms with Crippen LogP contribution < -0.4 is 10.9 Å². The number of amides is 1. The number of carbonyl (C=O) groups is 1. The lowest BCUT2D eigenvalue weighted by atomic mass is 9.94. The van der Waals surface area contributed by atoms with Crippen LogP contribution in [0, 0.1) is 11.7 Å². The summed E-state index contributed by atoms with van der Waals surface area (Å²) in [5.41, 5.74) is 7.38. The van der Waals surface area contributed by atoms with E-state index >= 15 is 0 Å². The molecule has 0 radical (unpaired) electrons. The van der Waals surface area contributed by atoms with Crippen LogP contribution in [0.2, 0.25) is 0 Å². The number of benzene rings is 1. The first-order chi connectivity index (χ1) is 12.1. The van der Waals surface area contributed by atoms with Gasteiger partial charge in [0.15, 0.2) is 0 Å². The summed E-state index contributed by atoms with van der Waals surface area (Å²) in [6, 6.07) is 10.3. The van der Waals surface area contributed by atoms with Crippen molar-refractivity contribution >= 4 is 17.2 Å². The van der Waals surface area contributed by atoms with Crippen molar-refractivity contribution in [3.63, 3.8) is 0 Å². The van der Waals surface area contributed by atoms with Crippen molar-refractivity contribution in [3.8, 4) is 0 Å². The maximum atomic E-state index is 13.1. The number of halogens is 1. The van der Waals surface area contributed by atoms with E-state index in [1.54, 1.807) is 24.1 Å². The van der Waals surface area contributed by atoms with E-state index in [0.717, 1.165) is 17.0 Å². The fraction of sp³-hybridized carbons (Fsp3) is 0.389. The molecule has 7 heteroatoms. The topological polar surface area (TPSA) is 53.6 Å². The minimum absolute atomic E-state index is 0.0112. The van der Waals surface area contributed by atoms with Crippen molar-refractivity contribution in [3.05, 3.63) is 57.5 Å². The number of ether oxygens (including phenoxy) is 1. The number of rotatable bonds is 6. The zero-order chi connectivity index (χ0) is 17.8. The van der Waals surface area contributed by atoms with Crippen molar-refractivity contribution in [2.24, 2.45) is 5.92 Å². The first-order valence-electron chi connectivity index (χ1n) is 8.15. The van der Waals surface area contributed by atoms with Gasteiger partial charge in [-0.3, -0.25) is 10.2 Å². The highest BCUT2D eigenvalue weighted by Crippen LogP contribution is 2.26. The van der Waals surface area contributed by atoms with Crippen LogP contribution in [0.5, 0.6) is 0 Å². The molecule has 134 valence electrons. The van der Waals surface area contributed by atoms with Crippen LogP contribution >= 0.6 is 11.3 Å². The second-order valence-electron chi connectivity index (χ2n) is 6.20. The van der Waals surface area contributed by atoms with E-state index in [4.69, 9.17) is 4.74 Å². The monoisotopic (exact) mass is 363 g/mol. The highest BCUT2D eigenvalue weighted by Gasteiger charge is 2.30. The van der Waals surface area contributed by atoms with Gasteiger partial charge in [0.05, 0.1) is 17.5 Å². The molecule has 2 N–H and O–H groups in total. The lowest BCUT2D eigenvalue weighted by Crippen LogP contribution is -2.34. The highest BCUT2D eigenvalue weighted by atomic mass is 32.1. The molecule has 1 aliphatic rings. The molecule has 1 saturated heterocycles. The van der Waals surface area contributed by atoms with Crippen molar-refractivity contribution in [2.45, 2.75) is 12.6 Å². The first-order valence-corrected chi connectivity index (χ1v) is 8.97. The Morgan fingerprint density at radius 2 is 2.08 bits per heavy atom. The Balaban J connectivity index is 1.65. The summed E-state index contributed by atoms with van der Waals surface area (Å²) in [5, 5.41) is 0. The van der Waals surface area contributed by atoms with Crippen LogP contribution in [0.15, 0.2) is 36.4 Å². The largest absolute Gasteiger partial charge is 0.379 e. The Kier molecular flexibility index (Phi) is 5.80. The molecule has 1 aromatic heterocycles. The molecule has 2 atom stereocenters. The molecular formula is C18H22FN3O2S. The fourth-order valence-corrected chi connectivity index (χ4v) is 4.04. The molecule has 2 unspecified atom stereocenters. The highest BCUT2D eigenvalue weighted by molar-refractivity contribution is 7.14. The van der Waals surface area contributed by atoms with Crippen LogP contribution in [-0.2, 0) is 11.3 Å². The smallest absolute Gasteiger partial charge is 0.263 e. The van der Waals surface area contributed by atoms with Gasteiger partial charge >= 0.3 is 0 Å². The Bertz CT molecular complexity index is 719. The molecule has 0 spiro atoms. The summed E-state index contributed by atoms with van der Waals surface area (Å²) in [6.07, 6.45) is 0. The number of nitrogens with one attached hydrogen (secondary N) is 2. The van der Waals surface area contributed by atoms with E-state index in [9.17, 15) is 9.18 Å². The maximum Gasteiger partial charge on any atom is 0.263 e. The van der Waals surface area contributed by atoms with Crippen LogP contribution in [0.1, 0.15) is 26.2 Å². The third kappa shape index (κ3) is 4.24. The summed E-state index contributed by atoms with van der Waals surface area (Å²) >= 11 is 1.46. The molecule has 3 rings (SSSR count). The summed E-state index contributed by atoms with van der Waals surface area (Å²) in [6.45, 7) is 1.88. The SMILES string of the molecule is COCc1ccc(C(=O)N(C)CC2CNNC2c2ccc(F)cc2)s1. The quantitative estimate of drug-likeness (QED) is 0.828. The van der Waals surface area contributed by atoms with Gasteiger partial charge in [-0.2, -0.15) is 0 Å². The maximum absolute atomic E-state index is 13.1. The minimum Gasteiger partial charge on any atom is -0.379 e. The lowest BCUT2D eigenvalue weighted by molar-refractivity contribution is 0.0776. The Hall–Kier alpha value is -1.80. The third-order valence-electron chi connectivity index (χ3n) is 4.34. The molecule has 5 nitrogen and oxygen atoms in total. The van der Waals surface area contributed by atoms with E-state index in [0.29, 0.717) is 18.0 Å². The van der Waals surface area contributed by atoms with Crippen molar-refractivity contribution < 1.29 is 13.9 Å². The summed E-state index contributed by atoms with van der Waals surface area (Å²) in [5.74, 6) is -0.0296. The molecule has 2 aromatic rings. The molecule has 0 aliphatic carbocycles. The van der Waals surface area contributed by atoms with Gasteiger partial charge in [-0.05, 0) is 29.8 Å². The number of carbonyl (C=O) groups excluding carboxylic acids is 1. The summed E-state index contributed by atoms with van der Waals surface area (Å²) in [4.78, 5) is 16.1. The average molecular weight is 363 g/mol. The Labute approximate surface area is 150 Å². The average Bonchev–Trinajstić information content (AvgIpc) is 3.25. The molecule has 0 saturated carbocycles. The Morgan fingerprint density at radius 1 is 1.32 bits per heavy atom. The van der Waals surface area contributed by atoms with Gasteiger partial charge in [0.25, 0.3) is 5.91 Å². The summed E-state index contributed by atoms with van der Waals surface area (Å²) < 4.78 is 18.2. The predicted octanol–water partition coefficient (Wildman–Crippen LogP) is 2.57. The molecule has 25 heavy (non-hydrogen) atoms. The second kappa shape index (κ2) is 8.05. The molecule has 2 heterocycles. The summed E-state index contributed by atoms with van der Waals surface area (Å²) in [7, 11) is 3.46. The molecule has 1 aliphatic heterocycles. The number of hydrogen-bond acceptors (Lipinski definition) is 5. The molecule has 0 bridgehead atoms. The molecule has 1 amide bonds. The van der Waals surface area contributed by atoms with E-state index in [-0.39, 0.29) is 23.7 Å². The Morgan fingerprint density at radius 3 is 2.80 bits per heavy atom. The minimum atomic E-state index is -0.247. The zero-order valence-electron chi connectivity index (χ0n) is 14.3. The van der Waals surface area contributed by atoms with Crippen molar-refractivity contribution in [1.82, 2.24) is 15.8 Å². The van der Waals surface area contributed by atoms with Crippen LogP contribution in [-0.4, -0.2) is 38.1 Å².